The maximum Gasteiger partial charge on any atom is 0.340 e. The molecule has 126 valence electrons. The Labute approximate surface area is 144 Å². The molecule has 0 radical (unpaired) electrons. The summed E-state index contributed by atoms with van der Waals surface area (Å²) in [7, 11) is 0. The summed E-state index contributed by atoms with van der Waals surface area (Å²) in [6.07, 6.45) is 0. The lowest BCUT2D eigenvalue weighted by molar-refractivity contribution is 0.0471. The van der Waals surface area contributed by atoms with E-state index in [-0.39, 0.29) is 5.56 Å². The number of aryl methyl sites for hydroxylation is 2. The van der Waals surface area contributed by atoms with Crippen LogP contribution in [0.15, 0.2) is 48.5 Å². The second-order valence-electron chi connectivity index (χ2n) is 5.69. The van der Waals surface area contributed by atoms with Crippen molar-refractivity contribution in [2.24, 2.45) is 0 Å². The number of ketones is 1. The van der Waals surface area contributed by atoms with E-state index >= 15 is 0 Å². The maximum atomic E-state index is 13.6. The number of esters is 1. The van der Waals surface area contributed by atoms with Gasteiger partial charge in [0.15, 0.2) is 6.61 Å². The van der Waals surface area contributed by atoms with Crippen molar-refractivity contribution in [3.05, 3.63) is 76.7 Å². The number of benzene rings is 2. The number of hydrogen-bond acceptors (Lipinski definition) is 4. The van der Waals surface area contributed by atoms with Crippen LogP contribution in [-0.4, -0.2) is 23.3 Å². The first kappa shape index (κ1) is 16.8. The molecule has 3 rings (SSSR count). The van der Waals surface area contributed by atoms with Gasteiger partial charge in [0.05, 0.1) is 22.3 Å². The topological polar surface area (TPSA) is 56.3 Å². The molecule has 0 unspecified atom stereocenters. The smallest absolute Gasteiger partial charge is 0.340 e. The Hall–Kier alpha value is -3.08. The van der Waals surface area contributed by atoms with Crippen LogP contribution < -0.4 is 0 Å². The van der Waals surface area contributed by atoms with Crippen molar-refractivity contribution in [2.75, 3.05) is 6.61 Å². The number of halogens is 1. The zero-order valence-corrected chi connectivity index (χ0v) is 13.9. The van der Waals surface area contributed by atoms with Gasteiger partial charge >= 0.3 is 5.97 Å². The molecule has 0 N–H and O–H groups in total. The lowest BCUT2D eigenvalue weighted by atomic mass is 10.0. The molecule has 0 spiro atoms. The van der Waals surface area contributed by atoms with Crippen molar-refractivity contribution in [3.8, 4) is 0 Å². The van der Waals surface area contributed by atoms with Crippen LogP contribution in [0.4, 0.5) is 4.39 Å². The Morgan fingerprint density at radius 3 is 2.48 bits per heavy atom. The van der Waals surface area contributed by atoms with Gasteiger partial charge in [-0.1, -0.05) is 30.3 Å². The first-order valence-corrected chi connectivity index (χ1v) is 7.80. The standard InChI is InChI=1S/C20H16FNO3/c1-12-14-7-4-6-10-17(14)22-13(2)19(12)20(24)25-11-18(23)15-8-3-5-9-16(15)21/h3-10H,11H2,1-2H3. The van der Waals surface area contributed by atoms with Crippen molar-refractivity contribution in [3.63, 3.8) is 0 Å². The fraction of sp³-hybridized carbons (Fsp3) is 0.150. The van der Waals surface area contributed by atoms with Gasteiger partial charge in [-0.3, -0.25) is 9.78 Å². The lowest BCUT2D eigenvalue weighted by Crippen LogP contribution is -2.17. The molecular formula is C20H16FNO3. The van der Waals surface area contributed by atoms with E-state index < -0.39 is 24.2 Å². The molecule has 1 heterocycles. The molecule has 1 aromatic heterocycles. The average molecular weight is 337 g/mol. The van der Waals surface area contributed by atoms with Gasteiger partial charge in [-0.25, -0.2) is 9.18 Å². The normalized spacial score (nSPS) is 10.7. The van der Waals surface area contributed by atoms with E-state index in [0.29, 0.717) is 11.3 Å². The van der Waals surface area contributed by atoms with E-state index in [1.54, 1.807) is 13.0 Å². The Balaban J connectivity index is 1.83. The third-order valence-electron chi connectivity index (χ3n) is 4.05. The average Bonchev–Trinajstić information content (AvgIpc) is 2.60. The van der Waals surface area contributed by atoms with Crippen LogP contribution in [0, 0.1) is 19.7 Å². The zero-order chi connectivity index (χ0) is 18.0. The molecule has 0 atom stereocenters. The molecule has 0 bridgehead atoms. The number of para-hydroxylation sites is 1. The summed E-state index contributed by atoms with van der Waals surface area (Å²) < 4.78 is 18.7. The third-order valence-corrected chi connectivity index (χ3v) is 4.05. The van der Waals surface area contributed by atoms with Crippen molar-refractivity contribution < 1.29 is 18.7 Å². The highest BCUT2D eigenvalue weighted by Gasteiger charge is 2.20. The number of Topliss-reactive ketones (excluding diaryl/α,β-unsaturated/α-hetero) is 1. The number of carbonyl (C=O) groups is 2. The second kappa shape index (κ2) is 6.81. The van der Waals surface area contributed by atoms with Crippen LogP contribution in [0.25, 0.3) is 10.9 Å². The Morgan fingerprint density at radius 2 is 1.72 bits per heavy atom. The molecule has 25 heavy (non-hydrogen) atoms. The molecule has 0 aliphatic heterocycles. The fourth-order valence-electron chi connectivity index (χ4n) is 2.80. The molecule has 0 aliphatic carbocycles. The number of rotatable bonds is 4. The largest absolute Gasteiger partial charge is 0.454 e. The highest BCUT2D eigenvalue weighted by Crippen LogP contribution is 2.23. The second-order valence-corrected chi connectivity index (χ2v) is 5.69. The van der Waals surface area contributed by atoms with Gasteiger partial charge in [-0.15, -0.1) is 0 Å². The SMILES string of the molecule is Cc1nc2ccccc2c(C)c1C(=O)OCC(=O)c1ccccc1F. The van der Waals surface area contributed by atoms with Gasteiger partial charge in [0.2, 0.25) is 5.78 Å². The first-order chi connectivity index (χ1) is 12.0. The van der Waals surface area contributed by atoms with E-state index in [1.807, 2.05) is 31.2 Å². The molecule has 0 fully saturated rings. The number of nitrogens with zero attached hydrogens (tertiary/aromatic N) is 1. The van der Waals surface area contributed by atoms with Gasteiger partial charge < -0.3 is 4.74 Å². The number of carbonyl (C=O) groups excluding carboxylic acids is 2. The highest BCUT2D eigenvalue weighted by molar-refractivity contribution is 6.01. The van der Waals surface area contributed by atoms with E-state index in [4.69, 9.17) is 4.74 Å². The Kier molecular flexibility index (Phi) is 4.57. The van der Waals surface area contributed by atoms with Crippen molar-refractivity contribution in [2.45, 2.75) is 13.8 Å². The molecule has 0 amide bonds. The van der Waals surface area contributed by atoms with Crippen LogP contribution in [0.2, 0.25) is 0 Å². The zero-order valence-electron chi connectivity index (χ0n) is 13.9. The van der Waals surface area contributed by atoms with E-state index in [1.165, 1.54) is 18.2 Å². The van der Waals surface area contributed by atoms with Gasteiger partial charge in [0.25, 0.3) is 0 Å². The van der Waals surface area contributed by atoms with Crippen LogP contribution in [-0.2, 0) is 4.74 Å². The molecule has 5 heteroatoms. The van der Waals surface area contributed by atoms with Crippen LogP contribution >= 0.6 is 0 Å². The van der Waals surface area contributed by atoms with Crippen LogP contribution in [0.1, 0.15) is 32.0 Å². The molecular weight excluding hydrogens is 321 g/mol. The lowest BCUT2D eigenvalue weighted by Gasteiger charge is -2.12. The highest BCUT2D eigenvalue weighted by atomic mass is 19.1. The summed E-state index contributed by atoms with van der Waals surface area (Å²) in [4.78, 5) is 28.9. The summed E-state index contributed by atoms with van der Waals surface area (Å²) >= 11 is 0. The maximum absolute atomic E-state index is 13.6. The molecule has 2 aromatic carbocycles. The Morgan fingerprint density at radius 1 is 1.04 bits per heavy atom. The quantitative estimate of drug-likeness (QED) is 0.533. The summed E-state index contributed by atoms with van der Waals surface area (Å²) in [6.45, 7) is 3.01. The summed E-state index contributed by atoms with van der Waals surface area (Å²) in [5, 5.41) is 0.848. The summed E-state index contributed by atoms with van der Waals surface area (Å²) in [5.41, 5.74) is 2.29. The van der Waals surface area contributed by atoms with Gasteiger partial charge in [0, 0.05) is 5.39 Å². The Bertz CT molecular complexity index is 982. The number of hydrogen-bond donors (Lipinski definition) is 0. The third kappa shape index (κ3) is 3.26. The van der Waals surface area contributed by atoms with E-state index in [2.05, 4.69) is 4.98 Å². The van der Waals surface area contributed by atoms with E-state index in [0.717, 1.165) is 16.5 Å². The number of ether oxygens (including phenoxy) is 1. The predicted molar refractivity (Wildman–Crippen MR) is 92.2 cm³/mol. The minimum atomic E-state index is -0.641. The van der Waals surface area contributed by atoms with Crippen molar-refractivity contribution in [1.82, 2.24) is 4.98 Å². The van der Waals surface area contributed by atoms with Gasteiger partial charge in [-0.2, -0.15) is 0 Å². The van der Waals surface area contributed by atoms with Gasteiger partial charge in [-0.05, 0) is 37.6 Å². The molecule has 0 aliphatic rings. The van der Waals surface area contributed by atoms with Crippen LogP contribution in [0.5, 0.6) is 0 Å². The number of fused-ring (bicyclic) bond motifs is 1. The van der Waals surface area contributed by atoms with Crippen molar-refractivity contribution >= 4 is 22.7 Å². The number of aromatic nitrogens is 1. The molecule has 4 nitrogen and oxygen atoms in total. The minimum Gasteiger partial charge on any atom is -0.454 e. The number of pyridine rings is 1. The molecule has 0 saturated carbocycles. The minimum absolute atomic E-state index is 0.0969. The van der Waals surface area contributed by atoms with Crippen LogP contribution in [0.3, 0.4) is 0 Å². The van der Waals surface area contributed by atoms with Crippen molar-refractivity contribution in [1.29, 1.82) is 0 Å². The fourth-order valence-corrected chi connectivity index (χ4v) is 2.80. The van der Waals surface area contributed by atoms with E-state index in [9.17, 15) is 14.0 Å². The molecule has 3 aromatic rings. The summed E-state index contributed by atoms with van der Waals surface area (Å²) in [5.74, 6) is -1.86. The van der Waals surface area contributed by atoms with Gasteiger partial charge in [0.1, 0.15) is 5.82 Å². The monoisotopic (exact) mass is 337 g/mol. The molecule has 0 saturated heterocycles. The first-order valence-electron chi connectivity index (χ1n) is 7.80. The summed E-state index contributed by atoms with van der Waals surface area (Å²) in [6, 6.07) is 13.1. The predicted octanol–water partition coefficient (Wildman–Crippen LogP) is 4.03.